The second-order valence-electron chi connectivity index (χ2n) is 2.86. The average Bonchev–Trinajstić information content (AvgIpc) is 2.22. The van der Waals surface area contributed by atoms with Crippen LogP contribution in [0.1, 0.15) is 0 Å². The third kappa shape index (κ3) is 2.05. The minimum absolute atomic E-state index is 2.30. The van der Waals surface area contributed by atoms with Crippen LogP contribution in [0.25, 0.3) is 0 Å². The lowest BCUT2D eigenvalue weighted by Gasteiger charge is -2.27. The summed E-state index contributed by atoms with van der Waals surface area (Å²) in [6.45, 7) is 0. The van der Waals surface area contributed by atoms with E-state index in [0.29, 0.717) is 0 Å². The molecule has 0 saturated heterocycles. The quantitative estimate of drug-likeness (QED) is 0.483. The molecule has 0 aromatic heterocycles. The van der Waals surface area contributed by atoms with Gasteiger partial charge >= 0.3 is 0 Å². The van der Waals surface area contributed by atoms with Gasteiger partial charge in [-0.25, -0.2) is 17.6 Å². The van der Waals surface area contributed by atoms with E-state index in [2.05, 4.69) is 4.94 Å². The first-order valence-corrected chi connectivity index (χ1v) is 5.45. The summed E-state index contributed by atoms with van der Waals surface area (Å²) < 4.78 is 93.3. The van der Waals surface area contributed by atoms with E-state index in [1.165, 1.54) is 0 Å². The highest BCUT2D eigenvalue weighted by molar-refractivity contribution is 7.90. The van der Waals surface area contributed by atoms with Crippen molar-refractivity contribution < 1.29 is 40.0 Å². The fourth-order valence-corrected chi connectivity index (χ4v) is 1.90. The maximum absolute atomic E-state index is 13.1. The van der Waals surface area contributed by atoms with Crippen molar-refractivity contribution in [2.75, 3.05) is 0 Å². The highest BCUT2D eigenvalue weighted by Gasteiger charge is 2.56. The molecule has 0 fully saturated rings. The van der Waals surface area contributed by atoms with Crippen molar-refractivity contribution in [3.05, 3.63) is 22.4 Å². The van der Waals surface area contributed by atoms with Crippen molar-refractivity contribution in [3.63, 3.8) is 0 Å². The van der Waals surface area contributed by atoms with Gasteiger partial charge in [-0.15, -0.1) is 0 Å². The third-order valence-electron chi connectivity index (χ3n) is 1.83. The van der Waals surface area contributed by atoms with Gasteiger partial charge in [-0.05, 0) is 4.53 Å². The van der Waals surface area contributed by atoms with Crippen molar-refractivity contribution in [2.45, 2.75) is 11.2 Å². The summed E-state index contributed by atoms with van der Waals surface area (Å²) >= 11 is 4.77. The summed E-state index contributed by atoms with van der Waals surface area (Å²) in [6.07, 6.45) is -3.49. The van der Waals surface area contributed by atoms with Crippen LogP contribution in [0, 0.1) is 0 Å². The molecule has 2 unspecified atom stereocenters. The highest BCUT2D eigenvalue weighted by atomic mass is 35.5. The van der Waals surface area contributed by atoms with Gasteiger partial charge in [0.2, 0.25) is 6.17 Å². The Morgan fingerprint density at radius 3 is 2.18 bits per heavy atom. The summed E-state index contributed by atoms with van der Waals surface area (Å²) in [4.78, 5) is 0.276. The average molecular weight is 301 g/mol. The summed E-state index contributed by atoms with van der Waals surface area (Å²) in [7, 11) is -5.59. The molecule has 4 nitrogen and oxygen atoms in total. The Morgan fingerprint density at radius 2 is 1.82 bits per heavy atom. The van der Waals surface area contributed by atoms with E-state index in [4.69, 9.17) is 16.2 Å². The van der Waals surface area contributed by atoms with Crippen LogP contribution >= 0.6 is 11.6 Å². The molecule has 17 heavy (non-hydrogen) atoms. The minimum atomic E-state index is -5.59. The van der Waals surface area contributed by atoms with E-state index >= 15 is 0 Å². The molecule has 0 radical (unpaired) electrons. The Hall–Kier alpha value is -0.710. The zero-order valence-electron chi connectivity index (χ0n) is 7.43. The van der Waals surface area contributed by atoms with E-state index in [9.17, 15) is 30.5 Å². The topological polar surface area (TPSA) is 63.6 Å². The SMILES string of the molecule is O=S(=O)(O)C1=C(F)C(F)C(Cl)(OF)C(F)=C1F. The first-order valence-electron chi connectivity index (χ1n) is 3.63. The lowest BCUT2D eigenvalue weighted by molar-refractivity contribution is -0.210. The molecule has 11 heteroatoms. The van der Waals surface area contributed by atoms with Crippen molar-refractivity contribution >= 4 is 21.7 Å². The first-order chi connectivity index (χ1) is 7.57. The number of alkyl halides is 2. The van der Waals surface area contributed by atoms with Gasteiger partial charge in [0.15, 0.2) is 22.4 Å². The zero-order chi connectivity index (χ0) is 13.6. The summed E-state index contributed by atoms with van der Waals surface area (Å²) in [6, 6.07) is 0. The molecular formula is C6H2ClF5O4S. The molecule has 2 atom stereocenters. The number of halogens is 6. The van der Waals surface area contributed by atoms with Gasteiger partial charge in [-0.1, -0.05) is 11.6 Å². The van der Waals surface area contributed by atoms with E-state index in [-0.39, 0.29) is 0 Å². The molecule has 0 spiro atoms. The fourth-order valence-electron chi connectivity index (χ4n) is 1.05. The smallest absolute Gasteiger partial charge is 0.282 e. The lowest BCUT2D eigenvalue weighted by atomic mass is 10.1. The molecule has 1 aliphatic rings. The second kappa shape index (κ2) is 4.19. The predicted molar refractivity (Wildman–Crippen MR) is 44.6 cm³/mol. The van der Waals surface area contributed by atoms with Gasteiger partial charge in [0.1, 0.15) is 0 Å². The van der Waals surface area contributed by atoms with E-state index in [1.807, 2.05) is 0 Å². The van der Waals surface area contributed by atoms with Crippen molar-refractivity contribution in [1.82, 2.24) is 0 Å². The van der Waals surface area contributed by atoms with Gasteiger partial charge in [-0.3, -0.25) is 4.55 Å². The lowest BCUT2D eigenvalue weighted by Crippen LogP contribution is -2.40. The number of rotatable bonds is 2. The highest BCUT2D eigenvalue weighted by Crippen LogP contribution is 2.47. The standard InChI is InChI=1S/C6H2ClF5O4S/c7-6(16-12)4(10)1(8)3(17(13,14)15)2(9)5(6)11/h4H,(H,13,14,15). The third-order valence-corrected chi connectivity index (χ3v) is 3.13. The number of hydrogen-bond acceptors (Lipinski definition) is 3. The van der Waals surface area contributed by atoms with Crippen molar-refractivity contribution in [3.8, 4) is 0 Å². The minimum Gasteiger partial charge on any atom is -0.282 e. The van der Waals surface area contributed by atoms with E-state index in [1.54, 1.807) is 0 Å². The largest absolute Gasteiger partial charge is 0.300 e. The van der Waals surface area contributed by atoms with Crippen LogP contribution in [0.5, 0.6) is 0 Å². The maximum Gasteiger partial charge on any atom is 0.300 e. The predicted octanol–water partition coefficient (Wildman–Crippen LogP) is 2.39. The first kappa shape index (κ1) is 14.4. The van der Waals surface area contributed by atoms with Gasteiger partial charge in [0.25, 0.3) is 15.2 Å². The zero-order valence-corrected chi connectivity index (χ0v) is 9.00. The Kier molecular flexibility index (Phi) is 3.54. The molecule has 0 aromatic rings. The van der Waals surface area contributed by atoms with Gasteiger partial charge in [0.05, 0.1) is 0 Å². The molecule has 0 amide bonds. The van der Waals surface area contributed by atoms with Crippen LogP contribution in [-0.4, -0.2) is 24.2 Å². The van der Waals surface area contributed by atoms with Gasteiger partial charge in [-0.2, -0.15) is 13.4 Å². The van der Waals surface area contributed by atoms with Gasteiger partial charge < -0.3 is 0 Å². The summed E-state index contributed by atoms with van der Waals surface area (Å²) in [5, 5.41) is -3.80. The Labute approximate surface area is 96.0 Å². The Bertz CT molecular complexity index is 514. The molecule has 1 N–H and O–H groups in total. The molecule has 98 valence electrons. The summed E-state index contributed by atoms with van der Waals surface area (Å²) in [5.41, 5.74) is 0. The van der Waals surface area contributed by atoms with Crippen LogP contribution in [0.4, 0.5) is 22.1 Å². The van der Waals surface area contributed by atoms with Crippen LogP contribution in [-0.2, 0) is 15.1 Å². The number of allylic oxidation sites excluding steroid dienone is 1. The summed E-state index contributed by atoms with van der Waals surface area (Å²) in [5.74, 6) is -7.64. The van der Waals surface area contributed by atoms with E-state index < -0.39 is 43.7 Å². The normalized spacial score (nSPS) is 31.1. The van der Waals surface area contributed by atoms with Crippen molar-refractivity contribution in [1.29, 1.82) is 0 Å². The number of hydrogen-bond donors (Lipinski definition) is 1. The molecule has 0 aliphatic heterocycles. The maximum atomic E-state index is 13.1. The van der Waals surface area contributed by atoms with E-state index in [0.717, 1.165) is 0 Å². The Balaban J connectivity index is 3.60. The van der Waals surface area contributed by atoms with Crippen LogP contribution in [0.2, 0.25) is 0 Å². The van der Waals surface area contributed by atoms with Gasteiger partial charge in [0, 0.05) is 0 Å². The molecule has 0 heterocycles. The molecular weight excluding hydrogens is 299 g/mol. The fraction of sp³-hybridized carbons (Fsp3) is 0.333. The van der Waals surface area contributed by atoms with Crippen LogP contribution in [0.3, 0.4) is 0 Å². The monoisotopic (exact) mass is 300 g/mol. The molecule has 0 bridgehead atoms. The second-order valence-corrected chi connectivity index (χ2v) is 4.78. The van der Waals surface area contributed by atoms with Crippen molar-refractivity contribution in [2.24, 2.45) is 0 Å². The molecule has 1 aliphatic carbocycles. The molecule has 0 saturated carbocycles. The molecule has 1 rings (SSSR count). The van der Waals surface area contributed by atoms with Crippen LogP contribution in [0.15, 0.2) is 22.4 Å². The molecule has 0 aromatic carbocycles. The Morgan fingerprint density at radius 1 is 1.35 bits per heavy atom. The van der Waals surface area contributed by atoms with Crippen LogP contribution < -0.4 is 0 Å².